The summed E-state index contributed by atoms with van der Waals surface area (Å²) in [6.45, 7) is 3.92. The minimum atomic E-state index is -0.135. The number of methoxy groups -OCH3 is 1. The van der Waals surface area contributed by atoms with Gasteiger partial charge >= 0.3 is 0 Å². The second kappa shape index (κ2) is 5.46. The van der Waals surface area contributed by atoms with Crippen LogP contribution in [0.15, 0.2) is 24.3 Å². The first-order chi connectivity index (χ1) is 10.5. The number of hydrogen-bond acceptors (Lipinski definition) is 4. The number of thiophene rings is 1. The van der Waals surface area contributed by atoms with E-state index < -0.39 is 0 Å². The zero-order valence-electron chi connectivity index (χ0n) is 12.9. The van der Waals surface area contributed by atoms with Gasteiger partial charge < -0.3 is 10.1 Å². The van der Waals surface area contributed by atoms with Gasteiger partial charge in [0.2, 0.25) is 0 Å². The van der Waals surface area contributed by atoms with E-state index in [0.29, 0.717) is 16.3 Å². The number of rotatable bonds is 3. The van der Waals surface area contributed by atoms with E-state index in [2.05, 4.69) is 10.4 Å². The molecule has 3 rings (SSSR count). The number of nitrogens with one attached hydrogen (secondary N) is 1. The van der Waals surface area contributed by atoms with Crippen molar-refractivity contribution in [3.8, 4) is 5.75 Å². The van der Waals surface area contributed by atoms with Crippen LogP contribution in [0.5, 0.6) is 5.75 Å². The number of ether oxygens (including phenoxy) is 1. The van der Waals surface area contributed by atoms with Crippen LogP contribution in [-0.4, -0.2) is 22.8 Å². The van der Waals surface area contributed by atoms with E-state index >= 15 is 0 Å². The second-order valence-corrected chi connectivity index (χ2v) is 6.23. The molecule has 1 amide bonds. The van der Waals surface area contributed by atoms with Crippen LogP contribution in [0, 0.1) is 13.8 Å². The van der Waals surface area contributed by atoms with E-state index in [1.165, 1.54) is 11.3 Å². The van der Waals surface area contributed by atoms with Gasteiger partial charge in [0, 0.05) is 12.4 Å². The Balaban J connectivity index is 1.93. The van der Waals surface area contributed by atoms with Gasteiger partial charge in [-0.3, -0.25) is 9.48 Å². The van der Waals surface area contributed by atoms with Gasteiger partial charge in [0.15, 0.2) is 0 Å². The highest BCUT2D eigenvalue weighted by atomic mass is 32.1. The predicted molar refractivity (Wildman–Crippen MR) is 89.0 cm³/mol. The Morgan fingerprint density at radius 2 is 2.09 bits per heavy atom. The van der Waals surface area contributed by atoms with Crippen molar-refractivity contribution in [3.05, 3.63) is 40.4 Å². The summed E-state index contributed by atoms with van der Waals surface area (Å²) in [6, 6.07) is 7.59. The lowest BCUT2D eigenvalue weighted by Crippen LogP contribution is -2.11. The Bertz CT molecular complexity index is 829. The van der Waals surface area contributed by atoms with E-state index in [-0.39, 0.29) is 5.91 Å². The normalized spacial score (nSPS) is 10.9. The molecular weight excluding hydrogens is 298 g/mol. The summed E-state index contributed by atoms with van der Waals surface area (Å²) in [5, 5.41) is 8.30. The topological polar surface area (TPSA) is 56.1 Å². The van der Waals surface area contributed by atoms with E-state index in [4.69, 9.17) is 4.74 Å². The van der Waals surface area contributed by atoms with Crippen molar-refractivity contribution >= 4 is 33.1 Å². The minimum Gasteiger partial charge on any atom is -0.495 e. The molecule has 5 nitrogen and oxygen atoms in total. The van der Waals surface area contributed by atoms with Gasteiger partial charge in [0.1, 0.15) is 10.6 Å². The number of benzene rings is 1. The molecular formula is C16H17N3O2S. The average molecular weight is 315 g/mol. The van der Waals surface area contributed by atoms with Crippen molar-refractivity contribution in [3.63, 3.8) is 0 Å². The summed E-state index contributed by atoms with van der Waals surface area (Å²) in [5.74, 6) is 0.516. The maximum atomic E-state index is 12.5. The highest BCUT2D eigenvalue weighted by molar-refractivity contribution is 7.20. The summed E-state index contributed by atoms with van der Waals surface area (Å²) in [4.78, 5) is 14.2. The molecule has 0 atom stereocenters. The van der Waals surface area contributed by atoms with Crippen molar-refractivity contribution in [2.75, 3.05) is 12.4 Å². The second-order valence-electron chi connectivity index (χ2n) is 5.20. The Morgan fingerprint density at radius 3 is 2.77 bits per heavy atom. The fraction of sp³-hybridized carbons (Fsp3) is 0.250. The Morgan fingerprint density at radius 1 is 1.32 bits per heavy atom. The van der Waals surface area contributed by atoms with Gasteiger partial charge in [0.25, 0.3) is 5.91 Å². The lowest BCUT2D eigenvalue weighted by Gasteiger charge is -2.10. The number of anilines is 1. The molecule has 2 aromatic heterocycles. The number of hydrogen-bond donors (Lipinski definition) is 1. The van der Waals surface area contributed by atoms with Gasteiger partial charge in [-0.2, -0.15) is 5.10 Å². The van der Waals surface area contributed by atoms with Gasteiger partial charge in [-0.25, -0.2) is 0 Å². The number of carbonyl (C=O) groups is 1. The maximum Gasteiger partial charge on any atom is 0.265 e. The third-order valence-electron chi connectivity index (χ3n) is 3.52. The van der Waals surface area contributed by atoms with Crippen LogP contribution in [0.25, 0.3) is 10.2 Å². The number of amides is 1. The zero-order valence-corrected chi connectivity index (χ0v) is 13.7. The summed E-state index contributed by atoms with van der Waals surface area (Å²) >= 11 is 1.44. The molecule has 1 N–H and O–H groups in total. The molecule has 2 heterocycles. The molecule has 0 unspecified atom stereocenters. The first-order valence-corrected chi connectivity index (χ1v) is 7.70. The van der Waals surface area contributed by atoms with Crippen molar-refractivity contribution in [2.24, 2.45) is 7.05 Å². The van der Waals surface area contributed by atoms with Crippen molar-refractivity contribution < 1.29 is 9.53 Å². The minimum absolute atomic E-state index is 0.135. The van der Waals surface area contributed by atoms with E-state index in [1.54, 1.807) is 11.8 Å². The Labute approximate surface area is 132 Å². The molecule has 0 saturated heterocycles. The first-order valence-electron chi connectivity index (χ1n) is 6.88. The third-order valence-corrected chi connectivity index (χ3v) is 4.72. The monoisotopic (exact) mass is 315 g/mol. The number of carbonyl (C=O) groups excluding carboxylic acids is 1. The molecule has 0 aliphatic carbocycles. The zero-order chi connectivity index (χ0) is 15.9. The molecule has 0 spiro atoms. The molecule has 0 saturated carbocycles. The Hall–Kier alpha value is -2.34. The quantitative estimate of drug-likeness (QED) is 0.804. The van der Waals surface area contributed by atoms with E-state index in [9.17, 15) is 4.79 Å². The van der Waals surface area contributed by atoms with Crippen LogP contribution in [0.3, 0.4) is 0 Å². The smallest absolute Gasteiger partial charge is 0.265 e. The standard InChI is InChI=1S/C16H17N3O2S/c1-9-5-6-13(21-4)12(7-9)17-15(20)14-8-11-10(2)18-19(3)16(11)22-14/h5-8H,1-4H3,(H,17,20). The van der Waals surface area contributed by atoms with Gasteiger partial charge in [0.05, 0.1) is 23.4 Å². The highest BCUT2D eigenvalue weighted by Gasteiger charge is 2.16. The van der Waals surface area contributed by atoms with E-state index in [1.807, 2.05) is 45.2 Å². The summed E-state index contributed by atoms with van der Waals surface area (Å²) in [7, 11) is 3.48. The van der Waals surface area contributed by atoms with Gasteiger partial charge in [-0.15, -0.1) is 11.3 Å². The van der Waals surface area contributed by atoms with Crippen LogP contribution in [0.1, 0.15) is 20.9 Å². The van der Waals surface area contributed by atoms with Crippen molar-refractivity contribution in [1.29, 1.82) is 0 Å². The largest absolute Gasteiger partial charge is 0.495 e. The van der Waals surface area contributed by atoms with Gasteiger partial charge in [-0.1, -0.05) is 6.07 Å². The number of fused-ring (bicyclic) bond motifs is 1. The predicted octanol–water partition coefficient (Wildman–Crippen LogP) is 3.51. The van der Waals surface area contributed by atoms with Crippen LogP contribution >= 0.6 is 11.3 Å². The number of nitrogens with zero attached hydrogens (tertiary/aromatic N) is 2. The highest BCUT2D eigenvalue weighted by Crippen LogP contribution is 2.30. The molecule has 0 fully saturated rings. The SMILES string of the molecule is COc1ccc(C)cc1NC(=O)c1cc2c(C)nn(C)c2s1. The third kappa shape index (κ3) is 2.46. The molecule has 0 aliphatic heterocycles. The fourth-order valence-corrected chi connectivity index (χ4v) is 3.44. The molecule has 3 aromatic rings. The van der Waals surface area contributed by atoms with Crippen LogP contribution < -0.4 is 10.1 Å². The number of aryl methyl sites for hydroxylation is 3. The lowest BCUT2D eigenvalue weighted by molar-refractivity contribution is 0.103. The van der Waals surface area contributed by atoms with Crippen molar-refractivity contribution in [1.82, 2.24) is 9.78 Å². The van der Waals surface area contributed by atoms with Crippen LogP contribution in [-0.2, 0) is 7.05 Å². The van der Waals surface area contributed by atoms with E-state index in [0.717, 1.165) is 21.5 Å². The maximum absolute atomic E-state index is 12.5. The van der Waals surface area contributed by atoms with Crippen molar-refractivity contribution in [2.45, 2.75) is 13.8 Å². The molecule has 0 bridgehead atoms. The lowest BCUT2D eigenvalue weighted by atomic mass is 10.2. The Kier molecular flexibility index (Phi) is 3.62. The summed E-state index contributed by atoms with van der Waals surface area (Å²) < 4.78 is 7.10. The average Bonchev–Trinajstić information content (AvgIpc) is 3.02. The number of aromatic nitrogens is 2. The summed E-state index contributed by atoms with van der Waals surface area (Å²) in [6.07, 6.45) is 0. The first kappa shape index (κ1) is 14.6. The molecule has 6 heteroatoms. The molecule has 0 aliphatic rings. The molecule has 1 aromatic carbocycles. The fourth-order valence-electron chi connectivity index (χ4n) is 2.42. The molecule has 114 valence electrons. The summed E-state index contributed by atoms with van der Waals surface area (Å²) in [5.41, 5.74) is 2.67. The van der Waals surface area contributed by atoms with Crippen LogP contribution in [0.4, 0.5) is 5.69 Å². The molecule has 22 heavy (non-hydrogen) atoms. The van der Waals surface area contributed by atoms with Crippen LogP contribution in [0.2, 0.25) is 0 Å². The van der Waals surface area contributed by atoms with Gasteiger partial charge in [-0.05, 0) is 37.6 Å². The molecule has 0 radical (unpaired) electrons.